The molecule has 0 fully saturated rings. The Kier molecular flexibility index (Phi) is 4.19. The van der Waals surface area contributed by atoms with E-state index in [0.29, 0.717) is 16.9 Å². The number of imidazole rings is 1. The fourth-order valence-corrected chi connectivity index (χ4v) is 4.28. The molecule has 3 aromatic heterocycles. The average Bonchev–Trinajstić information content (AvgIpc) is 3.30. The van der Waals surface area contributed by atoms with Crippen LogP contribution in [0.15, 0.2) is 59.6 Å². The van der Waals surface area contributed by atoms with Crippen LogP contribution in [-0.4, -0.2) is 30.4 Å². The van der Waals surface area contributed by atoms with Crippen molar-refractivity contribution in [2.45, 2.75) is 5.03 Å². The maximum Gasteiger partial charge on any atom is 0.170 e. The Balaban J connectivity index is 1.92. The van der Waals surface area contributed by atoms with Crippen molar-refractivity contribution in [2.24, 2.45) is 7.05 Å². The van der Waals surface area contributed by atoms with Gasteiger partial charge in [-0.2, -0.15) is 10.4 Å². The number of aromatic nitrogens is 5. The third-order valence-electron chi connectivity index (χ3n) is 5.12. The molecule has 2 N–H and O–H groups in total. The molecule has 0 radical (unpaired) electrons. The van der Waals surface area contributed by atoms with Crippen molar-refractivity contribution in [1.82, 2.24) is 24.1 Å². The van der Waals surface area contributed by atoms with Gasteiger partial charge in [0, 0.05) is 12.6 Å². The molecule has 8 heteroatoms. The lowest BCUT2D eigenvalue weighted by Gasteiger charge is -2.09. The molecule has 3 heterocycles. The van der Waals surface area contributed by atoms with Crippen LogP contribution >= 0.6 is 11.8 Å². The molecule has 5 rings (SSSR count). The zero-order valence-corrected chi connectivity index (χ0v) is 17.2. The van der Waals surface area contributed by atoms with E-state index >= 15 is 0 Å². The Morgan fingerprint density at radius 1 is 1.03 bits per heavy atom. The second-order valence-corrected chi connectivity index (χ2v) is 7.60. The molecule has 0 aliphatic heterocycles. The Morgan fingerprint density at radius 2 is 1.77 bits per heavy atom. The first-order valence-electron chi connectivity index (χ1n) is 9.27. The highest BCUT2D eigenvalue weighted by atomic mass is 32.2. The summed E-state index contributed by atoms with van der Waals surface area (Å²) in [4.78, 5) is 9.42. The monoisotopic (exact) mass is 411 g/mol. The molecular weight excluding hydrogens is 394 g/mol. The van der Waals surface area contributed by atoms with E-state index in [1.165, 1.54) is 11.8 Å². The number of nitrogens with two attached hydrogens (primary N) is 1. The van der Waals surface area contributed by atoms with Crippen molar-refractivity contribution in [3.05, 3.63) is 60.2 Å². The highest BCUT2D eigenvalue weighted by Gasteiger charge is 2.25. The average molecular weight is 411 g/mol. The summed E-state index contributed by atoms with van der Waals surface area (Å²) in [7, 11) is 1.98. The van der Waals surface area contributed by atoms with Gasteiger partial charge in [-0.25, -0.2) is 14.5 Å². The Labute approximate surface area is 176 Å². The maximum absolute atomic E-state index is 9.78. The van der Waals surface area contributed by atoms with Crippen LogP contribution in [0.25, 0.3) is 39.3 Å². The molecule has 5 aromatic rings. The standard InChI is InChI=1S/C22H17N7S/c1-28-16-11-7-6-10-15(16)25-20(28)17-21-26-19(24)14(12-23)18(13-8-4-3-5-9-13)29(21)27-22(17)30-2/h3-11H,1-2H3,(H2,24,26). The van der Waals surface area contributed by atoms with Crippen molar-refractivity contribution in [2.75, 3.05) is 12.0 Å². The number of hydrogen-bond acceptors (Lipinski definition) is 6. The van der Waals surface area contributed by atoms with Crippen LogP contribution in [0.5, 0.6) is 0 Å². The van der Waals surface area contributed by atoms with Crippen molar-refractivity contribution < 1.29 is 0 Å². The summed E-state index contributed by atoms with van der Waals surface area (Å²) in [6.45, 7) is 0. The zero-order chi connectivity index (χ0) is 20.8. The molecule has 0 saturated carbocycles. The maximum atomic E-state index is 9.78. The van der Waals surface area contributed by atoms with Crippen LogP contribution in [-0.2, 0) is 7.05 Å². The van der Waals surface area contributed by atoms with E-state index < -0.39 is 0 Å². The largest absolute Gasteiger partial charge is 0.382 e. The predicted octanol–water partition coefficient (Wildman–Crippen LogP) is 4.13. The van der Waals surface area contributed by atoms with Crippen molar-refractivity contribution >= 4 is 34.3 Å². The van der Waals surface area contributed by atoms with Gasteiger partial charge in [0.15, 0.2) is 5.65 Å². The van der Waals surface area contributed by atoms with E-state index in [4.69, 9.17) is 15.8 Å². The minimum Gasteiger partial charge on any atom is -0.382 e. The SMILES string of the molecule is CSc1nn2c(-c3ccccc3)c(C#N)c(N)nc2c1-c1nc2ccccc2n1C. The lowest BCUT2D eigenvalue weighted by Crippen LogP contribution is -2.05. The summed E-state index contributed by atoms with van der Waals surface area (Å²) >= 11 is 1.51. The molecular formula is C22H17N7S. The summed E-state index contributed by atoms with van der Waals surface area (Å²) in [5.74, 6) is 0.933. The van der Waals surface area contributed by atoms with Gasteiger partial charge in [-0.05, 0) is 18.4 Å². The van der Waals surface area contributed by atoms with E-state index in [9.17, 15) is 5.26 Å². The quantitative estimate of drug-likeness (QED) is 0.448. The van der Waals surface area contributed by atoms with Crippen LogP contribution in [0.4, 0.5) is 5.82 Å². The lowest BCUT2D eigenvalue weighted by atomic mass is 10.1. The summed E-state index contributed by atoms with van der Waals surface area (Å²) in [5, 5.41) is 15.3. The molecule has 7 nitrogen and oxygen atoms in total. The van der Waals surface area contributed by atoms with E-state index in [0.717, 1.165) is 33.0 Å². The Bertz CT molecular complexity index is 1460. The summed E-state index contributed by atoms with van der Waals surface area (Å²) in [5.41, 5.74) is 11.3. The van der Waals surface area contributed by atoms with Gasteiger partial charge in [-0.3, -0.25) is 0 Å². The highest BCUT2D eigenvalue weighted by Crippen LogP contribution is 2.37. The molecule has 0 unspecified atom stereocenters. The molecule has 0 atom stereocenters. The zero-order valence-electron chi connectivity index (χ0n) is 16.4. The van der Waals surface area contributed by atoms with Gasteiger partial charge in [0.05, 0.1) is 22.3 Å². The fourth-order valence-electron chi connectivity index (χ4n) is 3.73. The smallest absolute Gasteiger partial charge is 0.170 e. The number of hydrogen-bond donors (Lipinski definition) is 1. The third-order valence-corrected chi connectivity index (χ3v) is 5.80. The minimum atomic E-state index is 0.177. The molecule has 0 saturated heterocycles. The van der Waals surface area contributed by atoms with E-state index in [2.05, 4.69) is 11.1 Å². The van der Waals surface area contributed by atoms with Crippen molar-refractivity contribution in [1.29, 1.82) is 5.26 Å². The van der Waals surface area contributed by atoms with Crippen LogP contribution in [0.3, 0.4) is 0 Å². The first-order chi connectivity index (χ1) is 14.6. The number of aryl methyl sites for hydroxylation is 1. The third kappa shape index (κ3) is 2.56. The van der Waals surface area contributed by atoms with Gasteiger partial charge in [0.2, 0.25) is 0 Å². The van der Waals surface area contributed by atoms with Gasteiger partial charge in [0.25, 0.3) is 0 Å². The molecule has 0 aliphatic rings. The second kappa shape index (κ2) is 6.90. The van der Waals surface area contributed by atoms with Crippen molar-refractivity contribution in [3.8, 4) is 28.7 Å². The normalized spacial score (nSPS) is 11.2. The topological polar surface area (TPSA) is 97.8 Å². The number of nitrogens with zero attached hydrogens (tertiary/aromatic N) is 6. The van der Waals surface area contributed by atoms with E-state index in [-0.39, 0.29) is 5.82 Å². The Morgan fingerprint density at radius 3 is 2.47 bits per heavy atom. The Hall–Kier alpha value is -3.83. The summed E-state index contributed by atoms with van der Waals surface area (Å²) < 4.78 is 3.75. The van der Waals surface area contributed by atoms with Gasteiger partial charge in [-0.15, -0.1) is 11.8 Å². The molecule has 0 amide bonds. The number of nitrogen functional groups attached to an aromatic ring is 1. The molecule has 30 heavy (non-hydrogen) atoms. The number of para-hydroxylation sites is 2. The predicted molar refractivity (Wildman–Crippen MR) is 119 cm³/mol. The summed E-state index contributed by atoms with van der Waals surface area (Å²) in [6.07, 6.45) is 1.96. The molecule has 0 bridgehead atoms. The van der Waals surface area contributed by atoms with E-state index in [1.54, 1.807) is 4.52 Å². The first-order valence-corrected chi connectivity index (χ1v) is 10.5. The van der Waals surface area contributed by atoms with Crippen molar-refractivity contribution in [3.63, 3.8) is 0 Å². The number of anilines is 1. The van der Waals surface area contributed by atoms with E-state index in [1.807, 2.05) is 72.5 Å². The lowest BCUT2D eigenvalue weighted by molar-refractivity contribution is 0.893. The molecule has 0 aliphatic carbocycles. The van der Waals surface area contributed by atoms with Gasteiger partial charge < -0.3 is 10.3 Å². The minimum absolute atomic E-state index is 0.177. The molecule has 146 valence electrons. The van der Waals surface area contributed by atoms with Crippen LogP contribution in [0.1, 0.15) is 5.56 Å². The van der Waals surface area contributed by atoms with Crippen LogP contribution in [0, 0.1) is 11.3 Å². The number of benzene rings is 2. The second-order valence-electron chi connectivity index (χ2n) is 6.80. The van der Waals surface area contributed by atoms with Gasteiger partial charge >= 0.3 is 0 Å². The number of nitriles is 1. The van der Waals surface area contributed by atoms with Crippen LogP contribution < -0.4 is 5.73 Å². The number of fused-ring (bicyclic) bond motifs is 2. The van der Waals surface area contributed by atoms with Gasteiger partial charge in [-0.1, -0.05) is 42.5 Å². The van der Waals surface area contributed by atoms with Crippen LogP contribution in [0.2, 0.25) is 0 Å². The fraction of sp³-hybridized carbons (Fsp3) is 0.0909. The van der Waals surface area contributed by atoms with Gasteiger partial charge in [0.1, 0.15) is 28.3 Å². The summed E-state index contributed by atoms with van der Waals surface area (Å²) in [6, 6.07) is 19.8. The molecule has 0 spiro atoms. The first kappa shape index (κ1) is 18.2. The number of thioether (sulfide) groups is 1. The highest BCUT2D eigenvalue weighted by molar-refractivity contribution is 7.98. The number of rotatable bonds is 3. The molecule has 2 aromatic carbocycles.